The van der Waals surface area contributed by atoms with E-state index in [1.807, 2.05) is 41.7 Å². The molecule has 1 unspecified atom stereocenters. The number of nitriles is 1. The number of rotatable bonds is 3. The van der Waals surface area contributed by atoms with Crippen LogP contribution in [0.2, 0.25) is 0 Å². The minimum absolute atomic E-state index is 0.00479. The Hall–Kier alpha value is -2.63. The molecule has 0 aliphatic carbocycles. The number of nitrogens with one attached hydrogen (secondary N) is 1. The lowest BCUT2D eigenvalue weighted by Crippen LogP contribution is -2.44. The number of pyridine rings is 1. The van der Waals surface area contributed by atoms with Gasteiger partial charge in [0.05, 0.1) is 22.9 Å². The fourth-order valence-corrected chi connectivity index (χ4v) is 4.68. The van der Waals surface area contributed by atoms with Crippen LogP contribution in [0.5, 0.6) is 0 Å². The number of imidazole rings is 1. The van der Waals surface area contributed by atoms with Gasteiger partial charge in [0, 0.05) is 19.1 Å². The second-order valence-electron chi connectivity index (χ2n) is 7.06. The Labute approximate surface area is 158 Å². The molecule has 0 spiro atoms. The molecule has 8 heteroatoms. The summed E-state index contributed by atoms with van der Waals surface area (Å²) in [6, 6.07) is 12.0. The molecule has 1 atom stereocenters. The summed E-state index contributed by atoms with van der Waals surface area (Å²) < 4.78 is 27.3. The molecule has 7 nitrogen and oxygen atoms in total. The van der Waals surface area contributed by atoms with E-state index in [1.54, 1.807) is 0 Å². The number of piperidine rings is 1. The van der Waals surface area contributed by atoms with Crippen LogP contribution in [0.1, 0.15) is 24.0 Å². The zero-order valence-electron chi connectivity index (χ0n) is 15.3. The topological polar surface area (TPSA) is 90.5 Å². The fraction of sp³-hybridized carbons (Fsp3) is 0.368. The lowest BCUT2D eigenvalue weighted by molar-refractivity contribution is 0.329. The molecule has 0 bridgehead atoms. The first-order valence-electron chi connectivity index (χ1n) is 8.91. The van der Waals surface area contributed by atoms with Crippen molar-refractivity contribution < 1.29 is 8.42 Å². The van der Waals surface area contributed by atoms with E-state index in [-0.39, 0.29) is 6.04 Å². The monoisotopic (exact) mass is 383 g/mol. The number of hydrogen-bond acceptors (Lipinski definition) is 5. The highest BCUT2D eigenvalue weighted by Gasteiger charge is 2.26. The van der Waals surface area contributed by atoms with Crippen molar-refractivity contribution in [2.45, 2.75) is 25.8 Å². The van der Waals surface area contributed by atoms with Crippen LogP contribution >= 0.6 is 0 Å². The van der Waals surface area contributed by atoms with E-state index in [0.717, 1.165) is 35.3 Å². The summed E-state index contributed by atoms with van der Waals surface area (Å²) in [6.07, 6.45) is 2.95. The van der Waals surface area contributed by atoms with Gasteiger partial charge in [-0.25, -0.2) is 17.7 Å². The Morgan fingerprint density at radius 2 is 2.11 bits per heavy atom. The molecule has 1 N–H and O–H groups in total. The van der Waals surface area contributed by atoms with E-state index in [1.165, 1.54) is 10.6 Å². The molecule has 1 aliphatic rings. The Morgan fingerprint density at radius 1 is 1.33 bits per heavy atom. The van der Waals surface area contributed by atoms with Gasteiger partial charge in [-0.05, 0) is 43.5 Å². The van der Waals surface area contributed by atoms with Crippen LogP contribution in [0.4, 0.5) is 5.82 Å². The van der Waals surface area contributed by atoms with Crippen molar-refractivity contribution in [2.75, 3.05) is 24.7 Å². The Bertz CT molecular complexity index is 1180. The first-order valence-corrected chi connectivity index (χ1v) is 10.8. The average molecular weight is 383 g/mol. The first-order chi connectivity index (χ1) is 12.9. The summed E-state index contributed by atoms with van der Waals surface area (Å²) in [5.41, 5.74) is 3.76. The quantitative estimate of drug-likeness (QED) is 0.750. The highest BCUT2D eigenvalue weighted by Crippen LogP contribution is 2.28. The number of hydrogen-bond donors (Lipinski definition) is 1. The predicted octanol–water partition coefficient (Wildman–Crippen LogP) is 2.50. The maximum Gasteiger partial charge on any atom is 0.211 e. The molecule has 3 aromatic rings. The maximum atomic E-state index is 11.9. The van der Waals surface area contributed by atoms with E-state index in [9.17, 15) is 13.7 Å². The molecule has 4 rings (SSSR count). The third kappa shape index (κ3) is 3.13. The van der Waals surface area contributed by atoms with Crippen molar-refractivity contribution >= 4 is 32.5 Å². The second kappa shape index (κ2) is 6.51. The van der Waals surface area contributed by atoms with Crippen LogP contribution in [-0.2, 0) is 10.0 Å². The van der Waals surface area contributed by atoms with Gasteiger partial charge in [-0.1, -0.05) is 12.1 Å². The molecule has 140 valence electrons. The standard InChI is InChI=1S/C19H21N5O2S/c1-13-10-18(21-14-6-5-9-23(12-14)27(2,25)26)24-17-8-4-3-7-16(17)22-19(24)15(13)11-20/h3-4,7-8,10,14,21H,5-6,9,12H2,1-2H3. The van der Waals surface area contributed by atoms with Crippen LogP contribution in [0.15, 0.2) is 30.3 Å². The normalized spacial score (nSPS) is 18.6. The molecule has 1 fully saturated rings. The summed E-state index contributed by atoms with van der Waals surface area (Å²) in [7, 11) is -3.21. The van der Waals surface area contributed by atoms with Gasteiger partial charge in [0.2, 0.25) is 10.0 Å². The zero-order chi connectivity index (χ0) is 19.2. The minimum atomic E-state index is -3.21. The number of benzene rings is 1. The molecular formula is C19H21N5O2S. The van der Waals surface area contributed by atoms with Crippen LogP contribution in [0, 0.1) is 18.3 Å². The van der Waals surface area contributed by atoms with Gasteiger partial charge in [-0.3, -0.25) is 4.40 Å². The molecule has 27 heavy (non-hydrogen) atoms. The molecule has 2 aromatic heterocycles. The largest absolute Gasteiger partial charge is 0.367 e. The van der Waals surface area contributed by atoms with Gasteiger partial charge < -0.3 is 5.32 Å². The smallest absolute Gasteiger partial charge is 0.211 e. The van der Waals surface area contributed by atoms with E-state index in [4.69, 9.17) is 0 Å². The summed E-state index contributed by atoms with van der Waals surface area (Å²) in [6.45, 7) is 2.89. The Morgan fingerprint density at radius 3 is 2.85 bits per heavy atom. The number of anilines is 1. The van der Waals surface area contributed by atoms with Crippen LogP contribution in [0.25, 0.3) is 16.7 Å². The lowest BCUT2D eigenvalue weighted by Gasteiger charge is -2.32. The van der Waals surface area contributed by atoms with Gasteiger partial charge in [0.25, 0.3) is 0 Å². The van der Waals surface area contributed by atoms with Crippen LogP contribution in [-0.4, -0.2) is 47.5 Å². The van der Waals surface area contributed by atoms with Crippen molar-refractivity contribution in [3.8, 4) is 6.07 Å². The molecular weight excluding hydrogens is 362 g/mol. The Kier molecular flexibility index (Phi) is 4.29. The summed E-state index contributed by atoms with van der Waals surface area (Å²) in [5.74, 6) is 0.829. The summed E-state index contributed by atoms with van der Waals surface area (Å²) in [5, 5.41) is 13.1. The van der Waals surface area contributed by atoms with Crippen molar-refractivity contribution in [1.82, 2.24) is 13.7 Å². The zero-order valence-corrected chi connectivity index (χ0v) is 16.1. The van der Waals surface area contributed by atoms with Crippen LogP contribution in [0.3, 0.4) is 0 Å². The third-order valence-corrected chi connectivity index (χ3v) is 6.36. The number of aromatic nitrogens is 2. The first kappa shape index (κ1) is 17.8. The van der Waals surface area contributed by atoms with E-state index < -0.39 is 10.0 Å². The van der Waals surface area contributed by atoms with Crippen molar-refractivity contribution in [3.63, 3.8) is 0 Å². The molecule has 1 aliphatic heterocycles. The Balaban J connectivity index is 1.81. The SMILES string of the molecule is Cc1cc(NC2CCCN(S(C)(=O)=O)C2)n2c(nc3ccccc32)c1C#N. The molecule has 0 saturated carbocycles. The average Bonchev–Trinajstić information content (AvgIpc) is 3.01. The fourth-order valence-electron chi connectivity index (χ4n) is 3.77. The summed E-state index contributed by atoms with van der Waals surface area (Å²) >= 11 is 0. The predicted molar refractivity (Wildman–Crippen MR) is 105 cm³/mol. The molecule has 0 amide bonds. The minimum Gasteiger partial charge on any atom is -0.367 e. The van der Waals surface area contributed by atoms with Crippen molar-refractivity contribution in [2.24, 2.45) is 0 Å². The van der Waals surface area contributed by atoms with Crippen molar-refractivity contribution in [1.29, 1.82) is 5.26 Å². The van der Waals surface area contributed by atoms with Gasteiger partial charge in [0.1, 0.15) is 11.9 Å². The number of fused-ring (bicyclic) bond motifs is 3. The van der Waals surface area contributed by atoms with Gasteiger partial charge in [0.15, 0.2) is 5.65 Å². The van der Waals surface area contributed by atoms with E-state index in [0.29, 0.717) is 24.3 Å². The molecule has 3 heterocycles. The van der Waals surface area contributed by atoms with Crippen molar-refractivity contribution in [3.05, 3.63) is 41.5 Å². The number of para-hydroxylation sites is 2. The van der Waals surface area contributed by atoms with Gasteiger partial charge in [-0.2, -0.15) is 5.26 Å². The summed E-state index contributed by atoms with van der Waals surface area (Å²) in [4.78, 5) is 4.65. The third-order valence-electron chi connectivity index (χ3n) is 5.09. The number of sulfonamides is 1. The van der Waals surface area contributed by atoms with Gasteiger partial charge >= 0.3 is 0 Å². The molecule has 1 aromatic carbocycles. The number of nitrogens with zero attached hydrogens (tertiary/aromatic N) is 4. The molecule has 0 radical (unpaired) electrons. The number of aryl methyl sites for hydroxylation is 1. The van der Waals surface area contributed by atoms with E-state index in [2.05, 4.69) is 16.4 Å². The van der Waals surface area contributed by atoms with Crippen LogP contribution < -0.4 is 5.32 Å². The lowest BCUT2D eigenvalue weighted by atomic mass is 10.1. The highest BCUT2D eigenvalue weighted by atomic mass is 32.2. The second-order valence-corrected chi connectivity index (χ2v) is 9.05. The van der Waals surface area contributed by atoms with Gasteiger partial charge in [-0.15, -0.1) is 0 Å². The molecule has 1 saturated heterocycles. The maximum absolute atomic E-state index is 11.9. The highest BCUT2D eigenvalue weighted by molar-refractivity contribution is 7.88. The van der Waals surface area contributed by atoms with E-state index >= 15 is 0 Å².